The first kappa shape index (κ1) is 38.7. The van der Waals surface area contributed by atoms with E-state index in [0.29, 0.717) is 35.6 Å². The lowest BCUT2D eigenvalue weighted by molar-refractivity contribution is -0.195. The van der Waals surface area contributed by atoms with Crippen LogP contribution in [0, 0.1) is 28.1 Å². The smallest absolute Gasteiger partial charge is 0.255 e. The zero-order chi connectivity index (χ0) is 40.4. The van der Waals surface area contributed by atoms with Gasteiger partial charge in [0.2, 0.25) is 11.8 Å². The number of anilines is 1. The van der Waals surface area contributed by atoms with Gasteiger partial charge in [-0.25, -0.2) is 0 Å². The van der Waals surface area contributed by atoms with E-state index in [4.69, 9.17) is 4.74 Å². The summed E-state index contributed by atoms with van der Waals surface area (Å²) in [6.07, 6.45) is 3.45. The lowest BCUT2D eigenvalue weighted by Gasteiger charge is -2.65. The Morgan fingerprint density at radius 1 is 0.912 bits per heavy atom. The molecule has 0 aromatic heterocycles. The predicted molar refractivity (Wildman–Crippen MR) is 216 cm³/mol. The number of benzene rings is 3. The van der Waals surface area contributed by atoms with E-state index in [2.05, 4.69) is 67.1 Å². The molecule has 4 amide bonds. The van der Waals surface area contributed by atoms with Crippen LogP contribution in [0.1, 0.15) is 109 Å². The van der Waals surface area contributed by atoms with Crippen LogP contribution >= 0.6 is 0 Å². The van der Waals surface area contributed by atoms with Crippen molar-refractivity contribution in [3.05, 3.63) is 93.5 Å². The summed E-state index contributed by atoms with van der Waals surface area (Å²) in [4.78, 5) is 59.8. The lowest BCUT2D eigenvalue weighted by Crippen LogP contribution is -2.74. The van der Waals surface area contributed by atoms with Gasteiger partial charge in [0.15, 0.2) is 0 Å². The second-order valence-corrected chi connectivity index (χ2v) is 18.1. The van der Waals surface area contributed by atoms with Crippen molar-refractivity contribution >= 4 is 29.3 Å². The van der Waals surface area contributed by atoms with E-state index in [1.165, 1.54) is 11.1 Å². The number of carbonyl (C=O) groups is 4. The third kappa shape index (κ3) is 6.86. The number of hydrogen-bond acceptors (Lipinski definition) is 8. The normalized spacial score (nSPS) is 24.0. The number of nitrogens with zero attached hydrogens (tertiary/aromatic N) is 5. The minimum atomic E-state index is -0.591. The molecule has 4 aliphatic heterocycles. The summed E-state index contributed by atoms with van der Waals surface area (Å²) in [5.74, 6) is 0.574. The summed E-state index contributed by atoms with van der Waals surface area (Å²) in [6, 6.07) is 19.6. The molecule has 0 spiro atoms. The van der Waals surface area contributed by atoms with E-state index in [1.807, 2.05) is 55.3 Å². The Morgan fingerprint density at radius 3 is 2.25 bits per heavy atom. The summed E-state index contributed by atoms with van der Waals surface area (Å²) >= 11 is 0. The van der Waals surface area contributed by atoms with Gasteiger partial charge in [-0.05, 0) is 102 Å². The van der Waals surface area contributed by atoms with Crippen molar-refractivity contribution in [2.24, 2.45) is 16.7 Å². The third-order valence-electron chi connectivity index (χ3n) is 13.5. The molecule has 11 heteroatoms. The molecule has 3 aromatic carbocycles. The molecule has 1 unspecified atom stereocenters. The van der Waals surface area contributed by atoms with Crippen LogP contribution < -0.4 is 15.0 Å². The zero-order valence-electron chi connectivity index (χ0n) is 34.1. The molecular weight excluding hydrogens is 717 g/mol. The minimum absolute atomic E-state index is 0.00402. The maximum atomic E-state index is 13.9. The summed E-state index contributed by atoms with van der Waals surface area (Å²) in [5, 5.41) is 11.8. The average Bonchev–Trinajstić information content (AvgIpc) is 3.73. The fourth-order valence-corrected chi connectivity index (χ4v) is 11.1. The van der Waals surface area contributed by atoms with Crippen molar-refractivity contribution in [2.45, 2.75) is 105 Å². The second-order valence-electron chi connectivity index (χ2n) is 18.1. The van der Waals surface area contributed by atoms with Crippen molar-refractivity contribution in [3.8, 4) is 11.8 Å². The third-order valence-corrected chi connectivity index (χ3v) is 13.5. The average molecular weight is 771 g/mol. The molecule has 1 atom stereocenters. The van der Waals surface area contributed by atoms with Crippen molar-refractivity contribution < 1.29 is 23.9 Å². The number of nitriles is 1. The quantitative estimate of drug-likeness (QED) is 0.260. The maximum absolute atomic E-state index is 13.9. The van der Waals surface area contributed by atoms with Gasteiger partial charge in [0.05, 0.1) is 11.6 Å². The van der Waals surface area contributed by atoms with Gasteiger partial charge < -0.3 is 19.4 Å². The van der Waals surface area contributed by atoms with Crippen LogP contribution in [-0.4, -0.2) is 83.2 Å². The second kappa shape index (κ2) is 14.6. The van der Waals surface area contributed by atoms with E-state index >= 15 is 0 Å². The summed E-state index contributed by atoms with van der Waals surface area (Å²) in [7, 11) is 1.91. The van der Waals surface area contributed by atoms with E-state index in [-0.39, 0.29) is 53.0 Å². The molecule has 0 bridgehead atoms. The Kier molecular flexibility index (Phi) is 9.92. The number of piperidine rings is 2. The Labute approximate surface area is 335 Å². The highest BCUT2D eigenvalue weighted by molar-refractivity contribution is 6.05. The zero-order valence-corrected chi connectivity index (χ0v) is 34.1. The van der Waals surface area contributed by atoms with E-state index in [9.17, 15) is 24.4 Å². The van der Waals surface area contributed by atoms with Crippen LogP contribution in [0.5, 0.6) is 5.75 Å². The molecule has 298 valence electrons. The first-order valence-corrected chi connectivity index (χ1v) is 20.5. The first-order valence-electron chi connectivity index (χ1n) is 20.5. The van der Waals surface area contributed by atoms with E-state index in [1.54, 1.807) is 4.90 Å². The van der Waals surface area contributed by atoms with Gasteiger partial charge >= 0.3 is 0 Å². The number of aryl methyl sites for hydroxylation is 1. The molecule has 1 saturated carbocycles. The van der Waals surface area contributed by atoms with Crippen LogP contribution in [0.3, 0.4) is 0 Å². The van der Waals surface area contributed by atoms with Crippen molar-refractivity contribution in [3.63, 3.8) is 0 Å². The van der Waals surface area contributed by atoms with Crippen LogP contribution in [0.4, 0.5) is 5.69 Å². The highest BCUT2D eigenvalue weighted by Gasteiger charge is 2.65. The van der Waals surface area contributed by atoms with Gasteiger partial charge in [0, 0.05) is 86.4 Å². The van der Waals surface area contributed by atoms with Crippen molar-refractivity contribution in [1.29, 1.82) is 5.26 Å². The van der Waals surface area contributed by atoms with Crippen LogP contribution in [-0.2, 0) is 35.6 Å². The molecule has 2 saturated heterocycles. The predicted octanol–water partition coefficient (Wildman–Crippen LogP) is 6.07. The van der Waals surface area contributed by atoms with Gasteiger partial charge in [-0.15, -0.1) is 0 Å². The van der Waals surface area contributed by atoms with Gasteiger partial charge in [-0.1, -0.05) is 40.7 Å². The summed E-state index contributed by atoms with van der Waals surface area (Å²) in [6.45, 7) is 15.7. The van der Waals surface area contributed by atoms with Gasteiger partial charge in [-0.2, -0.15) is 5.26 Å². The summed E-state index contributed by atoms with van der Waals surface area (Å²) in [5.41, 5.74) is 6.99. The Hall–Kier alpha value is -5.21. The van der Waals surface area contributed by atoms with Crippen molar-refractivity contribution in [1.82, 2.24) is 20.0 Å². The van der Waals surface area contributed by atoms with Crippen molar-refractivity contribution in [2.75, 3.05) is 31.6 Å². The number of imide groups is 1. The number of ether oxygens (including phenoxy) is 1. The SMILES string of the molecule is CCc1cc(OC2C(C)(C)C(N(C)C(=O)c3ccc(N4CCC(CN5Cc6cc7c(cc6C5)C(=O)N(C5CCC(=O)NC5=O)C7)CC4)cc3)C2(C)C)ccc1C#N. The number of fused-ring (bicyclic) bond motifs is 2. The molecule has 5 aliphatic rings. The monoisotopic (exact) mass is 770 g/mol. The maximum Gasteiger partial charge on any atom is 0.255 e. The largest absolute Gasteiger partial charge is 0.489 e. The highest BCUT2D eigenvalue weighted by atomic mass is 16.5. The number of carbonyl (C=O) groups excluding carboxylic acids is 4. The number of rotatable bonds is 9. The molecule has 1 aliphatic carbocycles. The number of nitrogens with one attached hydrogen (secondary N) is 1. The van der Waals surface area contributed by atoms with E-state index in [0.717, 1.165) is 74.6 Å². The number of amides is 4. The molecule has 3 aromatic rings. The van der Waals surface area contributed by atoms with Gasteiger partial charge in [0.1, 0.15) is 17.9 Å². The Bertz CT molecular complexity index is 2150. The standard InChI is InChI=1S/C46H54N6O5/c1-7-29-21-36(13-10-31(29)23-47)57-44-45(2,3)43(46(44,4)5)49(6)41(55)30-8-11-35(12-9-30)51-18-16-28(17-19-51)24-50-25-32-20-34-27-52(38-14-15-39(53)48-40(38)54)42(56)37(34)22-33(32)26-50/h8-13,20-22,28,38,43-44H,7,14-19,24-27H2,1-6H3,(H,48,53,54). The molecule has 4 heterocycles. The highest BCUT2D eigenvalue weighted by Crippen LogP contribution is 2.58. The molecule has 8 rings (SSSR count). The molecule has 57 heavy (non-hydrogen) atoms. The topological polar surface area (TPSA) is 126 Å². The fourth-order valence-electron chi connectivity index (χ4n) is 11.1. The summed E-state index contributed by atoms with van der Waals surface area (Å²) < 4.78 is 6.59. The molecule has 3 fully saturated rings. The number of hydrogen-bond donors (Lipinski definition) is 1. The molecule has 0 radical (unpaired) electrons. The van der Waals surface area contributed by atoms with Crippen LogP contribution in [0.15, 0.2) is 54.6 Å². The van der Waals surface area contributed by atoms with E-state index < -0.39 is 6.04 Å². The molecule has 1 N–H and O–H groups in total. The van der Waals surface area contributed by atoms with Gasteiger partial charge in [-0.3, -0.25) is 29.4 Å². The Balaban J connectivity index is 0.827. The van der Waals surface area contributed by atoms with Gasteiger partial charge in [0.25, 0.3) is 11.8 Å². The lowest BCUT2D eigenvalue weighted by atomic mass is 9.49. The minimum Gasteiger partial charge on any atom is -0.489 e. The fraction of sp³-hybridized carbons (Fsp3) is 0.500. The molecule has 11 nitrogen and oxygen atoms in total. The van der Waals surface area contributed by atoms with Crippen LogP contribution in [0.25, 0.3) is 0 Å². The van der Waals surface area contributed by atoms with Crippen LogP contribution in [0.2, 0.25) is 0 Å². The first-order chi connectivity index (χ1) is 27.2. The Morgan fingerprint density at radius 2 is 1.60 bits per heavy atom. The molecular formula is C46H54N6O5.